The number of aliphatic hydroxyl groups is 4. The summed E-state index contributed by atoms with van der Waals surface area (Å²) in [6.45, 7) is -0.595. The summed E-state index contributed by atoms with van der Waals surface area (Å²) in [5, 5.41) is 39.6. The number of benzene rings is 2. The molecule has 0 spiro atoms. The maximum absolute atomic E-state index is 13.0. The van der Waals surface area contributed by atoms with E-state index in [1.54, 1.807) is 6.07 Å². The maximum Gasteiger partial charge on any atom is 0.229 e. The Morgan fingerprint density at radius 1 is 1.06 bits per heavy atom. The van der Waals surface area contributed by atoms with Gasteiger partial charge in [0.15, 0.2) is 5.78 Å². The van der Waals surface area contributed by atoms with Crippen molar-refractivity contribution < 1.29 is 44.2 Å². The third-order valence-corrected chi connectivity index (χ3v) is 5.46. The second-order valence-electron chi connectivity index (χ2n) is 7.46. The fourth-order valence-corrected chi connectivity index (χ4v) is 3.75. The molecule has 0 bridgehead atoms. The van der Waals surface area contributed by atoms with E-state index in [-0.39, 0.29) is 29.3 Å². The monoisotopic (exact) mass is 432 g/mol. The van der Waals surface area contributed by atoms with Crippen molar-refractivity contribution in [3.8, 4) is 17.2 Å². The molecule has 2 heterocycles. The van der Waals surface area contributed by atoms with Crippen LogP contribution in [0.4, 0.5) is 0 Å². The first kappa shape index (κ1) is 21.5. The van der Waals surface area contributed by atoms with Crippen LogP contribution in [0, 0.1) is 0 Å². The molecule has 2 aliphatic rings. The Balaban J connectivity index is 1.66. The first-order valence-corrected chi connectivity index (χ1v) is 9.87. The van der Waals surface area contributed by atoms with Crippen molar-refractivity contribution in [2.24, 2.45) is 0 Å². The average molecular weight is 432 g/mol. The molecule has 31 heavy (non-hydrogen) atoms. The van der Waals surface area contributed by atoms with Gasteiger partial charge in [0.2, 0.25) is 6.29 Å². The highest BCUT2D eigenvalue weighted by molar-refractivity contribution is 6.02. The average Bonchev–Trinajstić information content (AvgIpc) is 2.79. The Bertz CT molecular complexity index is 930. The second-order valence-corrected chi connectivity index (χ2v) is 7.46. The third-order valence-electron chi connectivity index (χ3n) is 5.46. The number of methoxy groups -OCH3 is 1. The van der Waals surface area contributed by atoms with E-state index in [1.807, 2.05) is 30.3 Å². The fourth-order valence-electron chi connectivity index (χ4n) is 3.75. The molecule has 6 atom stereocenters. The Morgan fingerprint density at radius 3 is 2.48 bits per heavy atom. The molecule has 166 valence electrons. The zero-order valence-electron chi connectivity index (χ0n) is 16.7. The van der Waals surface area contributed by atoms with E-state index in [0.29, 0.717) is 5.75 Å². The first-order chi connectivity index (χ1) is 14.9. The molecule has 4 rings (SSSR count). The normalized spacial score (nSPS) is 30.3. The number of ketones is 1. The van der Waals surface area contributed by atoms with Gasteiger partial charge in [0.25, 0.3) is 0 Å². The highest BCUT2D eigenvalue weighted by atomic mass is 16.7. The van der Waals surface area contributed by atoms with Crippen LogP contribution in [-0.2, 0) is 4.74 Å². The van der Waals surface area contributed by atoms with Crippen LogP contribution in [0.15, 0.2) is 42.5 Å². The molecule has 1 saturated heterocycles. The van der Waals surface area contributed by atoms with Gasteiger partial charge in [0, 0.05) is 12.1 Å². The highest BCUT2D eigenvalue weighted by Gasteiger charge is 2.45. The Hall–Kier alpha value is -2.69. The predicted molar refractivity (Wildman–Crippen MR) is 106 cm³/mol. The Kier molecular flexibility index (Phi) is 6.12. The summed E-state index contributed by atoms with van der Waals surface area (Å²) in [7, 11) is 1.44. The van der Waals surface area contributed by atoms with E-state index in [1.165, 1.54) is 13.2 Å². The lowest BCUT2D eigenvalue weighted by Crippen LogP contribution is -2.60. The van der Waals surface area contributed by atoms with E-state index in [0.717, 1.165) is 5.56 Å². The lowest BCUT2D eigenvalue weighted by atomic mass is 9.95. The molecule has 1 fully saturated rings. The lowest BCUT2D eigenvalue weighted by molar-refractivity contribution is -0.277. The number of ether oxygens (including phenoxy) is 4. The zero-order valence-corrected chi connectivity index (χ0v) is 16.7. The summed E-state index contributed by atoms with van der Waals surface area (Å²) in [6.07, 6.45) is -7.72. The van der Waals surface area contributed by atoms with Gasteiger partial charge in [-0.25, -0.2) is 0 Å². The largest absolute Gasteiger partial charge is 0.496 e. The van der Waals surface area contributed by atoms with E-state index < -0.39 is 43.4 Å². The molecule has 0 radical (unpaired) electrons. The zero-order chi connectivity index (χ0) is 22.1. The lowest BCUT2D eigenvalue weighted by Gasteiger charge is -2.40. The minimum Gasteiger partial charge on any atom is -0.496 e. The van der Waals surface area contributed by atoms with Crippen molar-refractivity contribution in [1.29, 1.82) is 0 Å². The predicted octanol–water partition coefficient (Wildman–Crippen LogP) is 0.580. The van der Waals surface area contributed by atoms with Gasteiger partial charge in [-0.3, -0.25) is 4.79 Å². The van der Waals surface area contributed by atoms with Crippen molar-refractivity contribution in [3.63, 3.8) is 0 Å². The van der Waals surface area contributed by atoms with Gasteiger partial charge in [-0.1, -0.05) is 30.3 Å². The third kappa shape index (κ3) is 4.10. The maximum atomic E-state index is 13.0. The van der Waals surface area contributed by atoms with Crippen LogP contribution in [0.25, 0.3) is 0 Å². The van der Waals surface area contributed by atoms with Gasteiger partial charge in [-0.15, -0.1) is 0 Å². The van der Waals surface area contributed by atoms with Crippen molar-refractivity contribution in [2.45, 2.75) is 43.2 Å². The van der Waals surface area contributed by atoms with Crippen molar-refractivity contribution >= 4 is 5.78 Å². The SMILES string of the molecule is COc1cc2c(c(OC3OC(CO)C(O)C(O)C3O)c1)C(=O)CC(c1ccccc1)O2. The number of rotatable bonds is 5. The van der Waals surface area contributed by atoms with Crippen LogP contribution < -0.4 is 14.2 Å². The van der Waals surface area contributed by atoms with Crippen LogP contribution in [0.5, 0.6) is 17.2 Å². The number of carbonyl (C=O) groups excluding carboxylic acids is 1. The number of hydrogen-bond donors (Lipinski definition) is 4. The molecule has 0 amide bonds. The molecule has 2 aromatic rings. The standard InChI is InChI=1S/C22H24O9/c1-28-12-7-15-18(13(24)9-14(29-15)11-5-3-2-4-6-11)16(8-12)30-22-21(27)20(26)19(25)17(10-23)31-22/h2-8,14,17,19-23,25-27H,9-10H2,1H3. The quantitative estimate of drug-likeness (QED) is 0.535. The first-order valence-electron chi connectivity index (χ1n) is 9.87. The Labute approximate surface area is 178 Å². The van der Waals surface area contributed by atoms with Gasteiger partial charge < -0.3 is 39.4 Å². The van der Waals surface area contributed by atoms with Gasteiger partial charge in [0.05, 0.1) is 20.1 Å². The number of Topliss-reactive ketones (excluding diaryl/α,β-unsaturated/α-hetero) is 1. The minimum absolute atomic E-state index is 0.0372. The number of carbonyl (C=O) groups is 1. The fraction of sp³-hybridized carbons (Fsp3) is 0.409. The molecule has 2 aromatic carbocycles. The van der Waals surface area contributed by atoms with Gasteiger partial charge in [0.1, 0.15) is 53.3 Å². The van der Waals surface area contributed by atoms with Crippen molar-refractivity contribution in [1.82, 2.24) is 0 Å². The molecule has 2 aliphatic heterocycles. The molecule has 0 saturated carbocycles. The summed E-state index contributed by atoms with van der Waals surface area (Å²) in [5.74, 6) is 0.399. The van der Waals surface area contributed by atoms with Gasteiger partial charge in [-0.05, 0) is 5.56 Å². The van der Waals surface area contributed by atoms with Crippen LogP contribution in [-0.4, -0.2) is 70.6 Å². The summed E-state index contributed by atoms with van der Waals surface area (Å²) < 4.78 is 22.5. The van der Waals surface area contributed by atoms with E-state index in [9.17, 15) is 25.2 Å². The molecule has 0 aliphatic carbocycles. The minimum atomic E-state index is -1.61. The van der Waals surface area contributed by atoms with Crippen molar-refractivity contribution in [2.75, 3.05) is 13.7 Å². The molecular formula is C22H24O9. The van der Waals surface area contributed by atoms with Gasteiger partial charge in [-0.2, -0.15) is 0 Å². The smallest absolute Gasteiger partial charge is 0.229 e. The molecule has 9 heteroatoms. The molecule has 4 N–H and O–H groups in total. The highest BCUT2D eigenvalue weighted by Crippen LogP contribution is 2.43. The summed E-state index contributed by atoms with van der Waals surface area (Å²) in [4.78, 5) is 13.0. The topological polar surface area (TPSA) is 135 Å². The summed E-state index contributed by atoms with van der Waals surface area (Å²) in [6, 6.07) is 12.4. The van der Waals surface area contributed by atoms with Gasteiger partial charge >= 0.3 is 0 Å². The molecule has 9 nitrogen and oxygen atoms in total. The Morgan fingerprint density at radius 2 is 1.81 bits per heavy atom. The van der Waals surface area contributed by atoms with Crippen LogP contribution in [0.2, 0.25) is 0 Å². The second kappa shape index (κ2) is 8.81. The van der Waals surface area contributed by atoms with Crippen LogP contribution >= 0.6 is 0 Å². The van der Waals surface area contributed by atoms with E-state index in [4.69, 9.17) is 18.9 Å². The van der Waals surface area contributed by atoms with Crippen LogP contribution in [0.3, 0.4) is 0 Å². The summed E-state index contributed by atoms with van der Waals surface area (Å²) in [5.41, 5.74) is 1.01. The molecule has 0 aromatic heterocycles. The van der Waals surface area contributed by atoms with E-state index >= 15 is 0 Å². The van der Waals surface area contributed by atoms with E-state index in [2.05, 4.69) is 0 Å². The van der Waals surface area contributed by atoms with Crippen molar-refractivity contribution in [3.05, 3.63) is 53.6 Å². The number of hydrogen-bond acceptors (Lipinski definition) is 9. The number of fused-ring (bicyclic) bond motifs is 1. The summed E-state index contributed by atoms with van der Waals surface area (Å²) >= 11 is 0. The molecule has 6 unspecified atom stereocenters. The number of aliphatic hydroxyl groups excluding tert-OH is 4. The molecular weight excluding hydrogens is 408 g/mol. The van der Waals surface area contributed by atoms with Crippen LogP contribution in [0.1, 0.15) is 28.4 Å².